The minimum absolute atomic E-state index is 1.01. The van der Waals surface area contributed by atoms with Gasteiger partial charge in [0.25, 0.3) is 0 Å². The van der Waals surface area contributed by atoms with E-state index in [2.05, 4.69) is 34.5 Å². The highest BCUT2D eigenvalue weighted by molar-refractivity contribution is 5.83. The number of hydrogen-bond donors (Lipinski definition) is 0. The summed E-state index contributed by atoms with van der Waals surface area (Å²) in [6, 6.07) is 12.3. The third kappa shape index (κ3) is 0.880. The van der Waals surface area contributed by atoms with Gasteiger partial charge in [-0.3, -0.25) is 4.40 Å². The van der Waals surface area contributed by atoms with Crippen LogP contribution < -0.4 is 0 Å². The number of para-hydroxylation sites is 1. The van der Waals surface area contributed by atoms with Crippen molar-refractivity contribution in [2.75, 3.05) is 0 Å². The fraction of sp³-hybridized carbons (Fsp3) is 0.0833. The van der Waals surface area contributed by atoms with Crippen LogP contribution in [0, 0.1) is 6.92 Å². The molecule has 0 unspecified atom stereocenters. The molecule has 0 spiro atoms. The van der Waals surface area contributed by atoms with Crippen molar-refractivity contribution in [1.82, 2.24) is 9.38 Å². The average Bonchev–Trinajstić information content (AvgIpc) is 2.59. The molecule has 0 aliphatic heterocycles. The van der Waals surface area contributed by atoms with E-state index in [1.807, 2.05) is 24.4 Å². The highest BCUT2D eigenvalue weighted by Gasteiger charge is 2.03. The maximum absolute atomic E-state index is 4.58. The SMILES string of the molecule is Cc1cccc2c1nc1ccccn12. The number of pyridine rings is 1. The lowest BCUT2D eigenvalue weighted by atomic mass is 10.2. The van der Waals surface area contributed by atoms with Crippen LogP contribution >= 0.6 is 0 Å². The van der Waals surface area contributed by atoms with E-state index in [1.54, 1.807) is 0 Å². The number of benzene rings is 1. The van der Waals surface area contributed by atoms with Crippen LogP contribution in [0.15, 0.2) is 42.6 Å². The largest absolute Gasteiger partial charge is 0.300 e. The monoisotopic (exact) mass is 182 g/mol. The van der Waals surface area contributed by atoms with Crippen molar-refractivity contribution in [1.29, 1.82) is 0 Å². The number of aryl methyl sites for hydroxylation is 1. The lowest BCUT2D eigenvalue weighted by molar-refractivity contribution is 1.23. The predicted octanol–water partition coefficient (Wildman–Crippen LogP) is 2.80. The van der Waals surface area contributed by atoms with Gasteiger partial charge in [-0.2, -0.15) is 0 Å². The molecule has 68 valence electrons. The summed E-state index contributed by atoms with van der Waals surface area (Å²) in [7, 11) is 0. The van der Waals surface area contributed by atoms with Gasteiger partial charge in [0, 0.05) is 6.20 Å². The maximum Gasteiger partial charge on any atom is 0.137 e. The summed E-state index contributed by atoms with van der Waals surface area (Å²) in [4.78, 5) is 4.58. The van der Waals surface area contributed by atoms with Gasteiger partial charge in [0.05, 0.1) is 11.0 Å². The molecule has 2 aromatic heterocycles. The Labute approximate surface area is 81.8 Å². The molecule has 0 bridgehead atoms. The minimum Gasteiger partial charge on any atom is -0.300 e. The van der Waals surface area contributed by atoms with E-state index in [0.29, 0.717) is 0 Å². The lowest BCUT2D eigenvalue weighted by Gasteiger charge is -1.94. The van der Waals surface area contributed by atoms with Gasteiger partial charge in [-0.1, -0.05) is 18.2 Å². The van der Waals surface area contributed by atoms with Gasteiger partial charge >= 0.3 is 0 Å². The summed E-state index contributed by atoms with van der Waals surface area (Å²) in [5.41, 5.74) is 4.52. The van der Waals surface area contributed by atoms with Crippen LogP contribution in [-0.4, -0.2) is 9.38 Å². The summed E-state index contributed by atoms with van der Waals surface area (Å²) in [6.45, 7) is 2.09. The summed E-state index contributed by atoms with van der Waals surface area (Å²) in [6.07, 6.45) is 2.05. The van der Waals surface area contributed by atoms with Crippen LogP contribution in [0.25, 0.3) is 16.7 Å². The number of aromatic nitrogens is 2. The van der Waals surface area contributed by atoms with Crippen molar-refractivity contribution in [3.8, 4) is 0 Å². The van der Waals surface area contributed by atoms with E-state index in [-0.39, 0.29) is 0 Å². The number of fused-ring (bicyclic) bond motifs is 3. The second kappa shape index (κ2) is 2.58. The Bertz CT molecular complexity index is 608. The van der Waals surface area contributed by atoms with E-state index in [1.165, 1.54) is 11.1 Å². The Morgan fingerprint density at radius 1 is 1.07 bits per heavy atom. The Hall–Kier alpha value is -1.83. The Kier molecular flexibility index (Phi) is 1.39. The second-order valence-corrected chi connectivity index (χ2v) is 3.48. The molecule has 2 heteroatoms. The Morgan fingerprint density at radius 2 is 2.00 bits per heavy atom. The van der Waals surface area contributed by atoms with Crippen LogP contribution in [0.3, 0.4) is 0 Å². The van der Waals surface area contributed by atoms with E-state index < -0.39 is 0 Å². The zero-order valence-electron chi connectivity index (χ0n) is 7.94. The first-order valence-electron chi connectivity index (χ1n) is 4.69. The molecule has 2 nitrogen and oxygen atoms in total. The first-order valence-corrected chi connectivity index (χ1v) is 4.69. The fourth-order valence-electron chi connectivity index (χ4n) is 1.83. The van der Waals surface area contributed by atoms with Gasteiger partial charge in [-0.25, -0.2) is 4.98 Å². The molecule has 0 radical (unpaired) electrons. The summed E-state index contributed by atoms with van der Waals surface area (Å²) in [5, 5.41) is 0. The average molecular weight is 182 g/mol. The van der Waals surface area contributed by atoms with E-state index >= 15 is 0 Å². The second-order valence-electron chi connectivity index (χ2n) is 3.48. The molecular weight excluding hydrogens is 172 g/mol. The van der Waals surface area contributed by atoms with Crippen molar-refractivity contribution in [2.24, 2.45) is 0 Å². The molecule has 2 heterocycles. The first kappa shape index (κ1) is 7.56. The zero-order chi connectivity index (χ0) is 9.54. The third-order valence-corrected chi connectivity index (χ3v) is 2.54. The van der Waals surface area contributed by atoms with Crippen LogP contribution in [0.5, 0.6) is 0 Å². The maximum atomic E-state index is 4.58. The third-order valence-electron chi connectivity index (χ3n) is 2.54. The van der Waals surface area contributed by atoms with Crippen molar-refractivity contribution in [3.63, 3.8) is 0 Å². The molecule has 14 heavy (non-hydrogen) atoms. The predicted molar refractivity (Wildman–Crippen MR) is 57.4 cm³/mol. The molecule has 0 aliphatic rings. The molecule has 1 aromatic carbocycles. The minimum atomic E-state index is 1.01. The normalized spacial score (nSPS) is 11.2. The quantitative estimate of drug-likeness (QED) is 0.522. The number of imidazole rings is 1. The first-order chi connectivity index (χ1) is 6.86. The molecule has 0 saturated carbocycles. The number of nitrogens with zero attached hydrogens (tertiary/aromatic N) is 2. The molecular formula is C12H10N2. The molecule has 0 atom stereocenters. The molecule has 0 saturated heterocycles. The van der Waals surface area contributed by atoms with Gasteiger partial charge < -0.3 is 0 Å². The van der Waals surface area contributed by atoms with Gasteiger partial charge in [0.2, 0.25) is 0 Å². The molecule has 3 aromatic rings. The number of rotatable bonds is 0. The van der Waals surface area contributed by atoms with Crippen LogP contribution in [-0.2, 0) is 0 Å². The van der Waals surface area contributed by atoms with Crippen LogP contribution in [0.2, 0.25) is 0 Å². The molecule has 0 aliphatic carbocycles. The smallest absolute Gasteiger partial charge is 0.137 e. The van der Waals surface area contributed by atoms with Crippen molar-refractivity contribution in [3.05, 3.63) is 48.2 Å². The molecule has 3 rings (SSSR count). The zero-order valence-corrected chi connectivity index (χ0v) is 7.94. The summed E-state index contributed by atoms with van der Waals surface area (Å²) < 4.78 is 2.11. The van der Waals surface area contributed by atoms with E-state index in [4.69, 9.17) is 0 Å². The fourth-order valence-corrected chi connectivity index (χ4v) is 1.83. The topological polar surface area (TPSA) is 17.3 Å². The Balaban J connectivity index is 2.63. The van der Waals surface area contributed by atoms with Crippen LogP contribution in [0.4, 0.5) is 0 Å². The van der Waals surface area contributed by atoms with Crippen molar-refractivity contribution >= 4 is 16.7 Å². The standard InChI is InChI=1S/C12H10N2/c1-9-5-4-6-10-12(9)13-11-7-2-3-8-14(10)11/h2-8H,1H3. The van der Waals surface area contributed by atoms with Crippen LogP contribution in [0.1, 0.15) is 5.56 Å². The molecule has 0 amide bonds. The lowest BCUT2D eigenvalue weighted by Crippen LogP contribution is -1.81. The van der Waals surface area contributed by atoms with Gasteiger partial charge in [-0.05, 0) is 30.7 Å². The highest BCUT2D eigenvalue weighted by Crippen LogP contribution is 2.18. The molecule has 0 N–H and O–H groups in total. The van der Waals surface area contributed by atoms with Crippen molar-refractivity contribution < 1.29 is 0 Å². The van der Waals surface area contributed by atoms with Gasteiger partial charge in [-0.15, -0.1) is 0 Å². The van der Waals surface area contributed by atoms with E-state index in [9.17, 15) is 0 Å². The number of hydrogen-bond acceptors (Lipinski definition) is 1. The van der Waals surface area contributed by atoms with Crippen molar-refractivity contribution in [2.45, 2.75) is 6.92 Å². The summed E-state index contributed by atoms with van der Waals surface area (Å²) >= 11 is 0. The Morgan fingerprint density at radius 3 is 2.93 bits per heavy atom. The van der Waals surface area contributed by atoms with Gasteiger partial charge in [0.1, 0.15) is 5.65 Å². The summed E-state index contributed by atoms with van der Waals surface area (Å²) in [5.74, 6) is 0. The molecule has 0 fully saturated rings. The van der Waals surface area contributed by atoms with Gasteiger partial charge in [0.15, 0.2) is 0 Å². The van der Waals surface area contributed by atoms with E-state index in [0.717, 1.165) is 11.2 Å². The highest BCUT2D eigenvalue weighted by atomic mass is 15.0.